The molecule has 88 valence electrons. The number of amides is 1. The highest BCUT2D eigenvalue weighted by molar-refractivity contribution is 5.78. The van der Waals surface area contributed by atoms with Crippen LogP contribution in [0.5, 0.6) is 0 Å². The fourth-order valence-corrected chi connectivity index (χ4v) is 1.11. The van der Waals surface area contributed by atoms with E-state index in [4.69, 9.17) is 5.11 Å². The normalized spacial score (nSPS) is 14.3. The van der Waals surface area contributed by atoms with Crippen LogP contribution < -0.4 is 10.6 Å². The summed E-state index contributed by atoms with van der Waals surface area (Å²) >= 11 is 0. The number of carbonyl (C=O) groups excluding carboxylic acids is 1. The van der Waals surface area contributed by atoms with E-state index in [1.54, 1.807) is 14.0 Å². The summed E-state index contributed by atoms with van der Waals surface area (Å²) in [4.78, 5) is 21.9. The Labute approximate surface area is 90.2 Å². The molecule has 2 unspecified atom stereocenters. The van der Waals surface area contributed by atoms with Gasteiger partial charge < -0.3 is 15.7 Å². The summed E-state index contributed by atoms with van der Waals surface area (Å²) in [5, 5.41) is 14.2. The van der Waals surface area contributed by atoms with Gasteiger partial charge in [0.1, 0.15) is 0 Å². The van der Waals surface area contributed by atoms with Crippen molar-refractivity contribution in [3.05, 3.63) is 0 Å². The average molecular weight is 216 g/mol. The van der Waals surface area contributed by atoms with E-state index in [0.717, 1.165) is 0 Å². The highest BCUT2D eigenvalue weighted by atomic mass is 16.4. The maximum Gasteiger partial charge on any atom is 0.306 e. The smallest absolute Gasteiger partial charge is 0.306 e. The Hall–Kier alpha value is -1.10. The Morgan fingerprint density at radius 3 is 2.33 bits per heavy atom. The second-order valence-corrected chi connectivity index (χ2v) is 3.78. The van der Waals surface area contributed by atoms with Crippen LogP contribution in [0.15, 0.2) is 0 Å². The molecule has 0 aliphatic carbocycles. The fraction of sp³-hybridized carbons (Fsp3) is 0.800. The Balaban J connectivity index is 3.67. The van der Waals surface area contributed by atoms with E-state index in [1.807, 2.05) is 6.92 Å². The average Bonchev–Trinajstić information content (AvgIpc) is 2.17. The van der Waals surface area contributed by atoms with Gasteiger partial charge in [0, 0.05) is 19.0 Å². The molecule has 5 heteroatoms. The van der Waals surface area contributed by atoms with Gasteiger partial charge in [0.25, 0.3) is 0 Å². The second kappa shape index (κ2) is 7.23. The Morgan fingerprint density at radius 2 is 1.87 bits per heavy atom. The van der Waals surface area contributed by atoms with E-state index in [1.165, 1.54) is 0 Å². The molecule has 0 saturated heterocycles. The van der Waals surface area contributed by atoms with Crippen molar-refractivity contribution in [1.29, 1.82) is 0 Å². The van der Waals surface area contributed by atoms with Gasteiger partial charge in [0.2, 0.25) is 5.91 Å². The molecule has 5 nitrogen and oxygen atoms in total. The monoisotopic (exact) mass is 216 g/mol. The van der Waals surface area contributed by atoms with E-state index < -0.39 is 11.9 Å². The molecule has 3 N–H and O–H groups in total. The van der Waals surface area contributed by atoms with Crippen LogP contribution in [-0.4, -0.2) is 37.1 Å². The van der Waals surface area contributed by atoms with Crippen LogP contribution in [0, 0.1) is 11.8 Å². The SMILES string of the molecule is CNCC(C)C(=O)NCCC(C)C(=O)O. The Bertz CT molecular complexity index is 219. The van der Waals surface area contributed by atoms with Crippen LogP contribution in [0.25, 0.3) is 0 Å². The van der Waals surface area contributed by atoms with Crippen molar-refractivity contribution >= 4 is 11.9 Å². The summed E-state index contributed by atoms with van der Waals surface area (Å²) in [6.07, 6.45) is 0.466. The van der Waals surface area contributed by atoms with Crippen molar-refractivity contribution in [3.8, 4) is 0 Å². The minimum Gasteiger partial charge on any atom is -0.481 e. The molecule has 0 aromatic carbocycles. The minimum atomic E-state index is -0.826. The van der Waals surface area contributed by atoms with Crippen LogP contribution in [0.3, 0.4) is 0 Å². The van der Waals surface area contributed by atoms with E-state index in [9.17, 15) is 9.59 Å². The van der Waals surface area contributed by atoms with Crippen molar-refractivity contribution in [2.45, 2.75) is 20.3 Å². The maximum atomic E-state index is 11.4. The molecule has 15 heavy (non-hydrogen) atoms. The number of carbonyl (C=O) groups is 2. The third-order valence-electron chi connectivity index (χ3n) is 2.26. The van der Waals surface area contributed by atoms with Gasteiger partial charge in [-0.2, -0.15) is 0 Å². The molecule has 0 aliphatic rings. The van der Waals surface area contributed by atoms with Crippen molar-refractivity contribution < 1.29 is 14.7 Å². The summed E-state index contributed by atoms with van der Waals surface area (Å²) in [6, 6.07) is 0. The third-order valence-corrected chi connectivity index (χ3v) is 2.26. The first-order chi connectivity index (χ1) is 6.99. The minimum absolute atomic E-state index is 0.0399. The first kappa shape index (κ1) is 13.9. The molecular formula is C10H20N2O3. The molecule has 0 spiro atoms. The van der Waals surface area contributed by atoms with Crippen molar-refractivity contribution in [2.75, 3.05) is 20.1 Å². The Kier molecular flexibility index (Phi) is 6.70. The molecule has 0 fully saturated rings. The van der Waals surface area contributed by atoms with E-state index in [2.05, 4.69) is 10.6 Å². The van der Waals surface area contributed by atoms with Gasteiger partial charge in [-0.15, -0.1) is 0 Å². The molecule has 0 aliphatic heterocycles. The van der Waals surface area contributed by atoms with Crippen molar-refractivity contribution in [2.24, 2.45) is 11.8 Å². The van der Waals surface area contributed by atoms with Gasteiger partial charge in [0.05, 0.1) is 5.92 Å². The highest BCUT2D eigenvalue weighted by Crippen LogP contribution is 2.00. The lowest BCUT2D eigenvalue weighted by Crippen LogP contribution is -2.35. The van der Waals surface area contributed by atoms with Crippen LogP contribution in [0.1, 0.15) is 20.3 Å². The van der Waals surface area contributed by atoms with Crippen LogP contribution in [0.4, 0.5) is 0 Å². The molecule has 0 heterocycles. The molecule has 0 bridgehead atoms. The number of aliphatic carboxylic acids is 1. The lowest BCUT2D eigenvalue weighted by molar-refractivity contribution is -0.141. The van der Waals surface area contributed by atoms with Crippen LogP contribution in [0.2, 0.25) is 0 Å². The first-order valence-electron chi connectivity index (χ1n) is 5.14. The molecule has 0 saturated carbocycles. The summed E-state index contributed by atoms with van der Waals surface area (Å²) in [7, 11) is 1.79. The highest BCUT2D eigenvalue weighted by Gasteiger charge is 2.13. The molecular weight excluding hydrogens is 196 g/mol. The van der Waals surface area contributed by atoms with E-state index >= 15 is 0 Å². The molecule has 0 aromatic rings. The predicted molar refractivity (Wildman–Crippen MR) is 57.5 cm³/mol. The first-order valence-corrected chi connectivity index (χ1v) is 5.14. The number of hydrogen-bond acceptors (Lipinski definition) is 3. The molecule has 0 rings (SSSR count). The number of hydrogen-bond donors (Lipinski definition) is 3. The number of rotatable bonds is 7. The van der Waals surface area contributed by atoms with Gasteiger partial charge in [-0.25, -0.2) is 0 Å². The van der Waals surface area contributed by atoms with E-state index in [0.29, 0.717) is 19.5 Å². The van der Waals surface area contributed by atoms with Gasteiger partial charge in [-0.1, -0.05) is 13.8 Å². The number of carboxylic acids is 1. The molecule has 0 aromatic heterocycles. The van der Waals surface area contributed by atoms with Gasteiger partial charge in [-0.05, 0) is 13.5 Å². The third kappa shape index (κ3) is 6.06. The zero-order valence-corrected chi connectivity index (χ0v) is 9.54. The number of carboxylic acid groups (broad SMARTS) is 1. The standard InChI is InChI=1S/C10H20N2O3/c1-7(10(14)15)4-5-12-9(13)8(2)6-11-3/h7-8,11H,4-6H2,1-3H3,(H,12,13)(H,14,15). The van der Waals surface area contributed by atoms with Crippen LogP contribution in [-0.2, 0) is 9.59 Å². The summed E-state index contributed by atoms with van der Waals surface area (Å²) in [6.45, 7) is 4.50. The van der Waals surface area contributed by atoms with Gasteiger partial charge >= 0.3 is 5.97 Å². The largest absolute Gasteiger partial charge is 0.481 e. The summed E-state index contributed by atoms with van der Waals surface area (Å²) in [5.74, 6) is -1.37. The van der Waals surface area contributed by atoms with Crippen LogP contribution >= 0.6 is 0 Å². The van der Waals surface area contributed by atoms with Crippen molar-refractivity contribution in [1.82, 2.24) is 10.6 Å². The summed E-state index contributed by atoms with van der Waals surface area (Å²) in [5.41, 5.74) is 0. The molecule has 2 atom stereocenters. The zero-order valence-electron chi connectivity index (χ0n) is 9.54. The molecule has 0 radical (unpaired) electrons. The topological polar surface area (TPSA) is 78.4 Å². The lowest BCUT2D eigenvalue weighted by atomic mass is 10.1. The summed E-state index contributed by atoms with van der Waals surface area (Å²) < 4.78 is 0. The Morgan fingerprint density at radius 1 is 1.27 bits per heavy atom. The number of nitrogens with one attached hydrogen (secondary N) is 2. The second-order valence-electron chi connectivity index (χ2n) is 3.78. The van der Waals surface area contributed by atoms with E-state index in [-0.39, 0.29) is 11.8 Å². The van der Waals surface area contributed by atoms with Gasteiger partial charge in [0.15, 0.2) is 0 Å². The predicted octanol–water partition coefficient (Wildman–Crippen LogP) is 0.0689. The zero-order chi connectivity index (χ0) is 11.8. The lowest BCUT2D eigenvalue weighted by Gasteiger charge is -2.12. The fourth-order valence-electron chi connectivity index (χ4n) is 1.11. The molecule has 1 amide bonds. The quantitative estimate of drug-likeness (QED) is 0.562. The van der Waals surface area contributed by atoms with Crippen molar-refractivity contribution in [3.63, 3.8) is 0 Å². The maximum absolute atomic E-state index is 11.4. The van der Waals surface area contributed by atoms with Gasteiger partial charge in [-0.3, -0.25) is 9.59 Å².